The molecule has 1 heteroatoms. The standard InChI is InChI=1S/C15H30O/c1-3-7-13(2)12-15(16)11-10-14-8-5-4-6-9-14/h13-16H,3-12H2,1-2H3. The molecule has 0 heterocycles. The molecule has 2 atom stereocenters. The second-order valence-electron chi connectivity index (χ2n) is 5.86. The van der Waals surface area contributed by atoms with Crippen LogP contribution in [0.5, 0.6) is 0 Å². The normalized spacial score (nSPS) is 21.9. The van der Waals surface area contributed by atoms with Crippen LogP contribution in [0.3, 0.4) is 0 Å². The van der Waals surface area contributed by atoms with E-state index >= 15 is 0 Å². The molecule has 1 nitrogen and oxygen atoms in total. The van der Waals surface area contributed by atoms with Crippen molar-refractivity contribution in [1.82, 2.24) is 0 Å². The molecule has 1 aliphatic rings. The maximum Gasteiger partial charge on any atom is 0.0542 e. The Bertz CT molecular complexity index is 161. The van der Waals surface area contributed by atoms with Gasteiger partial charge in [0.25, 0.3) is 0 Å². The van der Waals surface area contributed by atoms with Crippen LogP contribution in [0.4, 0.5) is 0 Å². The summed E-state index contributed by atoms with van der Waals surface area (Å²) < 4.78 is 0. The highest BCUT2D eigenvalue weighted by Gasteiger charge is 2.16. The van der Waals surface area contributed by atoms with Crippen molar-refractivity contribution >= 4 is 0 Å². The lowest BCUT2D eigenvalue weighted by Crippen LogP contribution is -2.15. The molecule has 2 unspecified atom stereocenters. The van der Waals surface area contributed by atoms with E-state index in [2.05, 4.69) is 13.8 Å². The molecule has 1 aliphatic carbocycles. The highest BCUT2D eigenvalue weighted by atomic mass is 16.3. The molecule has 0 amide bonds. The van der Waals surface area contributed by atoms with Gasteiger partial charge in [-0.2, -0.15) is 0 Å². The Morgan fingerprint density at radius 2 is 1.81 bits per heavy atom. The zero-order chi connectivity index (χ0) is 11.8. The molecule has 1 fully saturated rings. The van der Waals surface area contributed by atoms with Gasteiger partial charge in [0.05, 0.1) is 6.10 Å². The van der Waals surface area contributed by atoms with E-state index in [9.17, 15) is 5.11 Å². The number of hydrogen-bond acceptors (Lipinski definition) is 1. The summed E-state index contributed by atoms with van der Waals surface area (Å²) in [6.45, 7) is 4.50. The largest absolute Gasteiger partial charge is 0.393 e. The average molecular weight is 226 g/mol. The van der Waals surface area contributed by atoms with Gasteiger partial charge < -0.3 is 5.11 Å². The zero-order valence-corrected chi connectivity index (χ0v) is 11.3. The summed E-state index contributed by atoms with van der Waals surface area (Å²) in [5.41, 5.74) is 0. The highest BCUT2D eigenvalue weighted by Crippen LogP contribution is 2.28. The van der Waals surface area contributed by atoms with Crippen LogP contribution in [-0.4, -0.2) is 11.2 Å². The number of aliphatic hydroxyl groups is 1. The van der Waals surface area contributed by atoms with Gasteiger partial charge in [0.1, 0.15) is 0 Å². The molecule has 0 aliphatic heterocycles. The first-order valence-corrected chi connectivity index (χ1v) is 7.40. The van der Waals surface area contributed by atoms with E-state index in [1.165, 1.54) is 51.4 Å². The molecule has 16 heavy (non-hydrogen) atoms. The second kappa shape index (κ2) is 8.11. The predicted octanol–water partition coefficient (Wildman–Crippen LogP) is 4.53. The maximum absolute atomic E-state index is 9.98. The summed E-state index contributed by atoms with van der Waals surface area (Å²) in [5.74, 6) is 1.62. The van der Waals surface area contributed by atoms with Gasteiger partial charge in [-0.1, -0.05) is 58.8 Å². The quantitative estimate of drug-likeness (QED) is 0.676. The summed E-state index contributed by atoms with van der Waals surface area (Å²) in [6.07, 6.45) is 12.9. The lowest BCUT2D eigenvalue weighted by atomic mass is 9.84. The first kappa shape index (κ1) is 14.0. The lowest BCUT2D eigenvalue weighted by molar-refractivity contribution is 0.122. The van der Waals surface area contributed by atoms with Crippen molar-refractivity contribution in [3.05, 3.63) is 0 Å². The van der Waals surface area contributed by atoms with Crippen molar-refractivity contribution in [2.45, 2.75) is 84.2 Å². The van der Waals surface area contributed by atoms with Crippen LogP contribution < -0.4 is 0 Å². The topological polar surface area (TPSA) is 20.2 Å². The fourth-order valence-corrected chi connectivity index (χ4v) is 3.10. The number of rotatable bonds is 7. The Morgan fingerprint density at radius 3 is 2.44 bits per heavy atom. The van der Waals surface area contributed by atoms with Crippen LogP contribution in [0, 0.1) is 11.8 Å². The molecule has 0 aromatic rings. The summed E-state index contributed by atoms with van der Waals surface area (Å²) >= 11 is 0. The molecule has 0 aromatic heterocycles. The lowest BCUT2D eigenvalue weighted by Gasteiger charge is -2.23. The third-order valence-electron chi connectivity index (χ3n) is 4.09. The van der Waals surface area contributed by atoms with E-state index in [1.807, 2.05) is 0 Å². The molecule has 1 saturated carbocycles. The van der Waals surface area contributed by atoms with E-state index in [4.69, 9.17) is 0 Å². The van der Waals surface area contributed by atoms with Gasteiger partial charge in [-0.05, 0) is 31.1 Å². The summed E-state index contributed by atoms with van der Waals surface area (Å²) in [5, 5.41) is 9.98. The van der Waals surface area contributed by atoms with Crippen molar-refractivity contribution in [2.75, 3.05) is 0 Å². The van der Waals surface area contributed by atoms with Gasteiger partial charge in [0.2, 0.25) is 0 Å². The van der Waals surface area contributed by atoms with Crippen molar-refractivity contribution in [2.24, 2.45) is 11.8 Å². The zero-order valence-electron chi connectivity index (χ0n) is 11.3. The van der Waals surface area contributed by atoms with Gasteiger partial charge in [-0.25, -0.2) is 0 Å². The molecule has 96 valence electrons. The molecule has 0 saturated heterocycles. The molecular formula is C15H30O. The van der Waals surface area contributed by atoms with Crippen LogP contribution in [0.1, 0.15) is 78.1 Å². The SMILES string of the molecule is CCCC(C)CC(O)CCC1CCCCC1. The smallest absolute Gasteiger partial charge is 0.0542 e. The monoisotopic (exact) mass is 226 g/mol. The highest BCUT2D eigenvalue weighted by molar-refractivity contribution is 4.69. The average Bonchev–Trinajstić information content (AvgIpc) is 2.28. The van der Waals surface area contributed by atoms with Crippen molar-refractivity contribution in [1.29, 1.82) is 0 Å². The number of aliphatic hydroxyl groups excluding tert-OH is 1. The van der Waals surface area contributed by atoms with E-state index < -0.39 is 0 Å². The predicted molar refractivity (Wildman–Crippen MR) is 70.5 cm³/mol. The maximum atomic E-state index is 9.98. The van der Waals surface area contributed by atoms with Gasteiger partial charge in [-0.15, -0.1) is 0 Å². The Kier molecular flexibility index (Phi) is 7.11. The minimum Gasteiger partial charge on any atom is -0.393 e. The van der Waals surface area contributed by atoms with Crippen molar-refractivity contribution in [3.63, 3.8) is 0 Å². The fraction of sp³-hybridized carbons (Fsp3) is 1.00. The van der Waals surface area contributed by atoms with Crippen LogP contribution in [0.15, 0.2) is 0 Å². The van der Waals surface area contributed by atoms with Gasteiger partial charge in [0, 0.05) is 0 Å². The molecule has 0 radical (unpaired) electrons. The van der Waals surface area contributed by atoms with Gasteiger partial charge >= 0.3 is 0 Å². The molecule has 0 bridgehead atoms. The Hall–Kier alpha value is -0.0400. The van der Waals surface area contributed by atoms with E-state index in [1.54, 1.807) is 0 Å². The molecule has 1 rings (SSSR count). The number of hydrogen-bond donors (Lipinski definition) is 1. The fourth-order valence-electron chi connectivity index (χ4n) is 3.10. The molecule has 0 spiro atoms. The Labute approximate surface area is 102 Å². The van der Waals surface area contributed by atoms with E-state index in [0.717, 1.165) is 18.8 Å². The first-order chi connectivity index (χ1) is 7.72. The minimum atomic E-state index is -0.0384. The summed E-state index contributed by atoms with van der Waals surface area (Å²) in [7, 11) is 0. The Balaban J connectivity index is 2.06. The van der Waals surface area contributed by atoms with Crippen LogP contribution in [0.2, 0.25) is 0 Å². The third-order valence-corrected chi connectivity index (χ3v) is 4.09. The third kappa shape index (κ3) is 5.89. The van der Waals surface area contributed by atoms with Crippen LogP contribution >= 0.6 is 0 Å². The van der Waals surface area contributed by atoms with Gasteiger partial charge in [0.15, 0.2) is 0 Å². The second-order valence-corrected chi connectivity index (χ2v) is 5.86. The van der Waals surface area contributed by atoms with Crippen LogP contribution in [-0.2, 0) is 0 Å². The minimum absolute atomic E-state index is 0.0384. The molecular weight excluding hydrogens is 196 g/mol. The van der Waals surface area contributed by atoms with E-state index in [0.29, 0.717) is 5.92 Å². The summed E-state index contributed by atoms with van der Waals surface area (Å²) in [4.78, 5) is 0. The first-order valence-electron chi connectivity index (χ1n) is 7.40. The summed E-state index contributed by atoms with van der Waals surface area (Å²) in [6, 6.07) is 0. The Morgan fingerprint density at radius 1 is 1.12 bits per heavy atom. The molecule has 0 aromatic carbocycles. The van der Waals surface area contributed by atoms with Crippen molar-refractivity contribution < 1.29 is 5.11 Å². The molecule has 1 N–H and O–H groups in total. The van der Waals surface area contributed by atoms with Crippen molar-refractivity contribution in [3.8, 4) is 0 Å². The van der Waals surface area contributed by atoms with Crippen LogP contribution in [0.25, 0.3) is 0 Å². The van der Waals surface area contributed by atoms with Gasteiger partial charge in [-0.3, -0.25) is 0 Å². The van der Waals surface area contributed by atoms with E-state index in [-0.39, 0.29) is 6.10 Å².